The molecule has 0 saturated heterocycles. The summed E-state index contributed by atoms with van der Waals surface area (Å²) in [5.41, 5.74) is 0.0181. The second kappa shape index (κ2) is 4.06. The third-order valence-corrected chi connectivity index (χ3v) is 1.62. The summed E-state index contributed by atoms with van der Waals surface area (Å²) < 4.78 is 1.51. The first-order valence-electron chi connectivity index (χ1n) is 3.47. The number of rotatable bonds is 4. The first-order valence-corrected chi connectivity index (χ1v) is 4.00. The maximum absolute atomic E-state index is 10.2. The molecule has 5 nitrogen and oxygen atoms in total. The van der Waals surface area contributed by atoms with E-state index in [0.29, 0.717) is 12.4 Å². The smallest absolute Gasteiger partial charge is 0.266 e. The maximum Gasteiger partial charge on any atom is 0.306 e. The van der Waals surface area contributed by atoms with Gasteiger partial charge in [0.1, 0.15) is 12.4 Å². The average Bonchev–Trinajstić information content (AvgIpc) is 2.48. The van der Waals surface area contributed by atoms with Crippen LogP contribution in [0.15, 0.2) is 12.4 Å². The second-order valence-corrected chi connectivity index (χ2v) is 2.64. The van der Waals surface area contributed by atoms with Crippen LogP contribution in [0.5, 0.6) is 0 Å². The summed E-state index contributed by atoms with van der Waals surface area (Å²) in [4.78, 5) is 9.75. The van der Waals surface area contributed by atoms with Gasteiger partial charge in [0.15, 0.2) is 0 Å². The van der Waals surface area contributed by atoms with Gasteiger partial charge in [-0.25, -0.2) is 0 Å². The summed E-state index contributed by atoms with van der Waals surface area (Å²) in [5.74, 6) is 0.535. The van der Waals surface area contributed by atoms with Crippen molar-refractivity contribution in [2.45, 2.75) is 13.0 Å². The van der Waals surface area contributed by atoms with Crippen molar-refractivity contribution in [3.05, 3.63) is 22.5 Å². The van der Waals surface area contributed by atoms with Crippen molar-refractivity contribution in [2.24, 2.45) is 0 Å². The summed E-state index contributed by atoms with van der Waals surface area (Å²) in [6, 6.07) is 0. The number of hydrogen-bond acceptors (Lipinski definition) is 3. The fourth-order valence-electron chi connectivity index (χ4n) is 0.791. The number of nitro groups is 1. The summed E-state index contributed by atoms with van der Waals surface area (Å²) in [5, 5.41) is 14.0. The molecule has 0 aliphatic heterocycles. The van der Waals surface area contributed by atoms with Gasteiger partial charge in [0, 0.05) is 12.4 Å². The molecule has 0 amide bonds. The molecule has 6 heteroatoms. The van der Waals surface area contributed by atoms with Crippen molar-refractivity contribution in [2.75, 3.05) is 5.88 Å². The van der Waals surface area contributed by atoms with E-state index in [1.807, 2.05) is 0 Å². The highest BCUT2D eigenvalue weighted by atomic mass is 35.5. The van der Waals surface area contributed by atoms with Crippen LogP contribution in [0.4, 0.5) is 5.69 Å². The molecule has 12 heavy (non-hydrogen) atoms. The summed E-state index contributed by atoms with van der Waals surface area (Å²) in [6.07, 6.45) is 3.39. The second-order valence-electron chi connectivity index (χ2n) is 2.26. The Bertz CT molecular complexity index is 274. The van der Waals surface area contributed by atoms with E-state index in [-0.39, 0.29) is 5.69 Å². The molecule has 66 valence electrons. The minimum atomic E-state index is -0.468. The van der Waals surface area contributed by atoms with Gasteiger partial charge >= 0.3 is 5.69 Å². The van der Waals surface area contributed by atoms with E-state index in [2.05, 4.69) is 5.10 Å². The van der Waals surface area contributed by atoms with Gasteiger partial charge in [0.25, 0.3) is 0 Å². The number of aromatic nitrogens is 2. The third kappa shape index (κ3) is 2.20. The average molecular weight is 190 g/mol. The van der Waals surface area contributed by atoms with E-state index in [0.717, 1.165) is 6.42 Å². The van der Waals surface area contributed by atoms with Gasteiger partial charge < -0.3 is 0 Å². The predicted octanol–water partition coefficient (Wildman–Crippen LogP) is 1.42. The van der Waals surface area contributed by atoms with Crippen LogP contribution in [-0.2, 0) is 6.54 Å². The van der Waals surface area contributed by atoms with Crippen LogP contribution < -0.4 is 0 Å². The first kappa shape index (κ1) is 8.99. The molecule has 0 N–H and O–H groups in total. The number of nitrogens with zero attached hydrogens (tertiary/aromatic N) is 3. The van der Waals surface area contributed by atoms with Gasteiger partial charge in [-0.3, -0.25) is 14.8 Å². The van der Waals surface area contributed by atoms with E-state index < -0.39 is 4.92 Å². The van der Waals surface area contributed by atoms with Crippen LogP contribution in [0.25, 0.3) is 0 Å². The molecule has 0 aromatic carbocycles. The quantitative estimate of drug-likeness (QED) is 0.409. The fraction of sp³-hybridized carbons (Fsp3) is 0.500. The van der Waals surface area contributed by atoms with Crippen molar-refractivity contribution in [1.82, 2.24) is 9.78 Å². The predicted molar refractivity (Wildman–Crippen MR) is 44.2 cm³/mol. The van der Waals surface area contributed by atoms with Crippen molar-refractivity contribution >= 4 is 17.3 Å². The molecule has 0 atom stereocenters. The van der Waals surface area contributed by atoms with Crippen LogP contribution in [0.1, 0.15) is 6.42 Å². The number of hydrogen-bond donors (Lipinski definition) is 0. The largest absolute Gasteiger partial charge is 0.306 e. The molecule has 0 aliphatic rings. The molecule has 0 unspecified atom stereocenters. The van der Waals surface area contributed by atoms with Gasteiger partial charge in [-0.15, -0.1) is 11.6 Å². The minimum absolute atomic E-state index is 0.0181. The number of aryl methyl sites for hydroxylation is 1. The fourth-order valence-corrected chi connectivity index (χ4v) is 0.911. The topological polar surface area (TPSA) is 61.0 Å². The lowest BCUT2D eigenvalue weighted by Crippen LogP contribution is -1.98. The zero-order valence-corrected chi connectivity index (χ0v) is 7.07. The van der Waals surface area contributed by atoms with Crippen molar-refractivity contribution < 1.29 is 4.92 Å². The van der Waals surface area contributed by atoms with Crippen molar-refractivity contribution in [1.29, 1.82) is 0 Å². The number of halogens is 1. The Morgan fingerprint density at radius 2 is 2.50 bits per heavy atom. The summed E-state index contributed by atoms with van der Waals surface area (Å²) in [7, 11) is 0. The Kier molecular flexibility index (Phi) is 3.04. The summed E-state index contributed by atoms with van der Waals surface area (Å²) >= 11 is 5.45. The Morgan fingerprint density at radius 3 is 3.00 bits per heavy atom. The van der Waals surface area contributed by atoms with Gasteiger partial charge in [0.05, 0.1) is 4.92 Å². The van der Waals surface area contributed by atoms with E-state index >= 15 is 0 Å². The van der Waals surface area contributed by atoms with E-state index in [9.17, 15) is 10.1 Å². The normalized spacial score (nSPS) is 10.1. The van der Waals surface area contributed by atoms with Gasteiger partial charge in [-0.05, 0) is 6.42 Å². The van der Waals surface area contributed by atoms with Crippen molar-refractivity contribution in [3.8, 4) is 0 Å². The molecule has 0 spiro atoms. The molecule has 0 radical (unpaired) electrons. The lowest BCUT2D eigenvalue weighted by Gasteiger charge is -1.94. The first-order chi connectivity index (χ1) is 5.74. The van der Waals surface area contributed by atoms with Crippen LogP contribution >= 0.6 is 11.6 Å². The highest BCUT2D eigenvalue weighted by Crippen LogP contribution is 2.07. The minimum Gasteiger partial charge on any atom is -0.266 e. The highest BCUT2D eigenvalue weighted by Gasteiger charge is 2.07. The summed E-state index contributed by atoms with van der Waals surface area (Å²) in [6.45, 7) is 0.622. The maximum atomic E-state index is 10.2. The van der Waals surface area contributed by atoms with Gasteiger partial charge in [-0.2, -0.15) is 5.10 Å². The van der Waals surface area contributed by atoms with E-state index in [4.69, 9.17) is 11.6 Å². The van der Waals surface area contributed by atoms with E-state index in [1.54, 1.807) is 0 Å². The zero-order chi connectivity index (χ0) is 8.97. The Labute approximate surface area is 74.1 Å². The zero-order valence-electron chi connectivity index (χ0n) is 6.31. The van der Waals surface area contributed by atoms with Gasteiger partial charge in [-0.1, -0.05) is 0 Å². The van der Waals surface area contributed by atoms with Crippen LogP contribution in [-0.4, -0.2) is 20.6 Å². The lowest BCUT2D eigenvalue weighted by atomic mass is 10.5. The SMILES string of the molecule is O=[N+]([O-])c1cnn(CCCCl)c1. The monoisotopic (exact) mass is 189 g/mol. The Hall–Kier alpha value is -1.10. The van der Waals surface area contributed by atoms with Gasteiger partial charge in [0.2, 0.25) is 0 Å². The Morgan fingerprint density at radius 1 is 1.75 bits per heavy atom. The van der Waals surface area contributed by atoms with Crippen molar-refractivity contribution in [3.63, 3.8) is 0 Å². The molecular weight excluding hydrogens is 182 g/mol. The molecule has 1 aromatic rings. The van der Waals surface area contributed by atoms with Crippen LogP contribution in [0.3, 0.4) is 0 Å². The molecule has 0 fully saturated rings. The molecule has 0 aliphatic carbocycles. The van der Waals surface area contributed by atoms with E-state index in [1.165, 1.54) is 17.1 Å². The molecular formula is C6H8ClN3O2. The highest BCUT2D eigenvalue weighted by molar-refractivity contribution is 6.17. The molecule has 0 bridgehead atoms. The Balaban J connectivity index is 2.58. The molecule has 1 aromatic heterocycles. The standard InChI is InChI=1S/C6H8ClN3O2/c7-2-1-3-9-5-6(4-8-9)10(11)12/h4-5H,1-3H2. The van der Waals surface area contributed by atoms with Crippen LogP contribution in [0.2, 0.25) is 0 Å². The lowest BCUT2D eigenvalue weighted by molar-refractivity contribution is -0.385. The molecule has 1 heterocycles. The molecule has 1 rings (SSSR count). The van der Waals surface area contributed by atoms with Crippen LogP contribution in [0, 0.1) is 10.1 Å². The molecule has 0 saturated carbocycles. The number of alkyl halides is 1. The third-order valence-electron chi connectivity index (χ3n) is 1.35.